The maximum Gasteiger partial charge on any atom is 0.271 e. The van der Waals surface area contributed by atoms with Crippen LogP contribution in [0.15, 0.2) is 17.5 Å². The third-order valence-corrected chi connectivity index (χ3v) is 7.37. The predicted octanol–water partition coefficient (Wildman–Crippen LogP) is 2.47. The van der Waals surface area contributed by atoms with Gasteiger partial charge in [-0.05, 0) is 55.9 Å². The summed E-state index contributed by atoms with van der Waals surface area (Å²) in [6.45, 7) is 0. The summed E-state index contributed by atoms with van der Waals surface area (Å²) in [4.78, 5) is 39.6. The molecule has 1 saturated carbocycles. The fourth-order valence-corrected chi connectivity index (χ4v) is 6.16. The number of fused-ring (bicyclic) bond motifs is 2. The molecule has 3 amide bonds. The number of nitrogens with zero attached hydrogens (tertiary/aromatic N) is 1. The van der Waals surface area contributed by atoms with Crippen molar-refractivity contribution in [2.24, 2.45) is 23.7 Å². The molecule has 25 heavy (non-hydrogen) atoms. The van der Waals surface area contributed by atoms with Gasteiger partial charge < -0.3 is 0 Å². The molecular formula is C19H20N2O3S. The van der Waals surface area contributed by atoms with Crippen LogP contribution in [-0.4, -0.2) is 22.7 Å². The molecule has 0 aromatic carbocycles. The Balaban J connectivity index is 1.40. The molecule has 5 nitrogen and oxygen atoms in total. The Bertz CT molecular complexity index is 780. The maximum atomic E-state index is 12.8. The van der Waals surface area contributed by atoms with Gasteiger partial charge in [-0.15, -0.1) is 11.3 Å². The van der Waals surface area contributed by atoms with Crippen molar-refractivity contribution in [1.29, 1.82) is 0 Å². The van der Waals surface area contributed by atoms with Crippen molar-refractivity contribution in [3.63, 3.8) is 0 Å². The molecular weight excluding hydrogens is 336 g/mol. The summed E-state index contributed by atoms with van der Waals surface area (Å²) in [6, 6.07) is 0. The second-order valence-corrected chi connectivity index (χ2v) is 8.52. The van der Waals surface area contributed by atoms with Gasteiger partial charge in [-0.1, -0.05) is 12.2 Å². The van der Waals surface area contributed by atoms with E-state index >= 15 is 0 Å². The van der Waals surface area contributed by atoms with E-state index in [-0.39, 0.29) is 41.4 Å². The van der Waals surface area contributed by atoms with Gasteiger partial charge in [0.1, 0.15) is 0 Å². The topological polar surface area (TPSA) is 66.5 Å². The lowest BCUT2D eigenvalue weighted by molar-refractivity contribution is -0.143. The molecule has 1 N–H and O–H groups in total. The summed E-state index contributed by atoms with van der Waals surface area (Å²) in [7, 11) is 0. The quantitative estimate of drug-likeness (QED) is 0.654. The third kappa shape index (κ3) is 2.16. The first-order valence-electron chi connectivity index (χ1n) is 9.11. The number of hydrogen-bond donors (Lipinski definition) is 1. The predicted molar refractivity (Wildman–Crippen MR) is 92.6 cm³/mol. The molecule has 2 bridgehead atoms. The van der Waals surface area contributed by atoms with Gasteiger partial charge in [0.25, 0.3) is 17.7 Å². The smallest absolute Gasteiger partial charge is 0.271 e. The standard InChI is InChI=1S/C19H20N2O3S/c22-17(13-9-25-14-4-2-1-3-12(13)14)20-21-18(23)15-10-5-6-11(8-7-10)16(15)19(21)24/h5-6,9-11,15-16H,1-4,7-8H2,(H,20,22)/t10-,11-,15+,16+/m1/s1. The SMILES string of the molecule is O=C(NN1C(=O)[C@@H]2[C@@H](C1=O)[C@@H]1C=C[C@@H]2CC1)c1csc2c1CCCC2. The summed E-state index contributed by atoms with van der Waals surface area (Å²) in [5.41, 5.74) is 4.37. The first-order valence-corrected chi connectivity index (χ1v) is 9.99. The van der Waals surface area contributed by atoms with E-state index in [2.05, 4.69) is 17.6 Å². The molecule has 1 aromatic heterocycles. The highest BCUT2D eigenvalue weighted by atomic mass is 32.1. The Kier molecular flexibility index (Phi) is 3.39. The minimum atomic E-state index is -0.319. The van der Waals surface area contributed by atoms with Crippen LogP contribution in [0.4, 0.5) is 0 Å². The van der Waals surface area contributed by atoms with Crippen LogP contribution in [0.25, 0.3) is 0 Å². The van der Waals surface area contributed by atoms with Gasteiger partial charge in [0.05, 0.1) is 17.4 Å². The zero-order valence-corrected chi connectivity index (χ0v) is 14.7. The molecule has 1 saturated heterocycles. The minimum Gasteiger partial charge on any atom is -0.272 e. The molecule has 2 fully saturated rings. The molecule has 1 aromatic rings. The number of aryl methyl sites for hydroxylation is 1. The molecule has 5 aliphatic rings. The monoisotopic (exact) mass is 356 g/mol. The van der Waals surface area contributed by atoms with Crippen LogP contribution in [0, 0.1) is 23.7 Å². The highest BCUT2D eigenvalue weighted by Crippen LogP contribution is 2.49. The Morgan fingerprint density at radius 1 is 1.04 bits per heavy atom. The molecule has 0 spiro atoms. The van der Waals surface area contributed by atoms with Crippen LogP contribution < -0.4 is 5.43 Å². The summed E-state index contributed by atoms with van der Waals surface area (Å²) in [6.07, 6.45) is 10.3. The maximum absolute atomic E-state index is 12.8. The molecule has 6 rings (SSSR count). The molecule has 0 radical (unpaired) electrons. The average molecular weight is 356 g/mol. The van der Waals surface area contributed by atoms with Gasteiger partial charge in [-0.2, -0.15) is 5.01 Å². The number of thiophene rings is 1. The lowest BCUT2D eigenvalue weighted by Crippen LogP contribution is -2.47. The number of allylic oxidation sites excluding steroid dienone is 2. The van der Waals surface area contributed by atoms with E-state index in [4.69, 9.17) is 0 Å². The number of amides is 3. The van der Waals surface area contributed by atoms with Crippen LogP contribution in [0.1, 0.15) is 46.5 Å². The molecule has 130 valence electrons. The van der Waals surface area contributed by atoms with Crippen LogP contribution in [0.2, 0.25) is 0 Å². The van der Waals surface area contributed by atoms with Gasteiger partial charge >= 0.3 is 0 Å². The number of carbonyl (C=O) groups is 3. The van der Waals surface area contributed by atoms with Crippen LogP contribution in [0.3, 0.4) is 0 Å². The summed E-state index contributed by atoms with van der Waals surface area (Å²) in [5.74, 6) is -1.07. The van der Waals surface area contributed by atoms with Crippen molar-refractivity contribution < 1.29 is 14.4 Å². The van der Waals surface area contributed by atoms with Crippen molar-refractivity contribution >= 4 is 29.1 Å². The van der Waals surface area contributed by atoms with Crippen molar-refractivity contribution in [2.75, 3.05) is 0 Å². The number of hydrazine groups is 1. The highest BCUT2D eigenvalue weighted by Gasteiger charge is 2.57. The fraction of sp³-hybridized carbons (Fsp3) is 0.526. The number of hydrogen-bond acceptors (Lipinski definition) is 4. The van der Waals surface area contributed by atoms with E-state index < -0.39 is 0 Å². The van der Waals surface area contributed by atoms with Crippen molar-refractivity contribution in [2.45, 2.75) is 38.5 Å². The largest absolute Gasteiger partial charge is 0.272 e. The van der Waals surface area contributed by atoms with Gasteiger partial charge in [0.15, 0.2) is 0 Å². The summed E-state index contributed by atoms with van der Waals surface area (Å²) >= 11 is 1.61. The van der Waals surface area contributed by atoms with Crippen LogP contribution in [0.5, 0.6) is 0 Å². The summed E-state index contributed by atoms with van der Waals surface area (Å²) < 4.78 is 0. The van der Waals surface area contributed by atoms with Crippen molar-refractivity contribution in [3.05, 3.63) is 33.5 Å². The van der Waals surface area contributed by atoms with Crippen molar-refractivity contribution in [1.82, 2.24) is 10.4 Å². The van der Waals surface area contributed by atoms with E-state index in [0.29, 0.717) is 5.56 Å². The van der Waals surface area contributed by atoms with E-state index in [0.717, 1.165) is 49.1 Å². The van der Waals surface area contributed by atoms with Crippen LogP contribution in [-0.2, 0) is 22.4 Å². The van der Waals surface area contributed by atoms with Crippen molar-refractivity contribution in [3.8, 4) is 0 Å². The van der Waals surface area contributed by atoms with Gasteiger partial charge in [-0.3, -0.25) is 19.8 Å². The number of imide groups is 1. The van der Waals surface area contributed by atoms with E-state index in [1.165, 1.54) is 4.88 Å². The number of nitrogens with one attached hydrogen (secondary N) is 1. The Labute approximate surface area is 150 Å². The molecule has 4 aliphatic carbocycles. The zero-order valence-electron chi connectivity index (χ0n) is 13.9. The second kappa shape index (κ2) is 5.53. The molecule has 4 atom stereocenters. The number of carbonyl (C=O) groups excluding carboxylic acids is 3. The Hall–Kier alpha value is -1.95. The third-order valence-electron chi connectivity index (χ3n) is 6.28. The zero-order chi connectivity index (χ0) is 17.1. The Morgan fingerprint density at radius 3 is 2.32 bits per heavy atom. The first kappa shape index (κ1) is 15.3. The summed E-state index contributed by atoms with van der Waals surface area (Å²) in [5, 5.41) is 2.89. The fourth-order valence-electron chi connectivity index (χ4n) is 5.03. The Morgan fingerprint density at radius 2 is 1.68 bits per heavy atom. The lowest BCUT2D eigenvalue weighted by atomic mass is 9.63. The van der Waals surface area contributed by atoms with Gasteiger partial charge in [-0.25, -0.2) is 0 Å². The van der Waals surface area contributed by atoms with Gasteiger partial charge in [0.2, 0.25) is 0 Å². The lowest BCUT2D eigenvalue weighted by Gasteiger charge is -2.37. The number of rotatable bonds is 2. The average Bonchev–Trinajstić information content (AvgIpc) is 3.19. The normalized spacial score (nSPS) is 32.7. The van der Waals surface area contributed by atoms with Gasteiger partial charge in [0, 0.05) is 10.3 Å². The molecule has 2 heterocycles. The first-order chi connectivity index (χ1) is 12.1. The second-order valence-electron chi connectivity index (χ2n) is 7.55. The highest BCUT2D eigenvalue weighted by molar-refractivity contribution is 7.10. The molecule has 0 unspecified atom stereocenters. The minimum absolute atomic E-state index is 0.141. The molecule has 6 heteroatoms. The van der Waals surface area contributed by atoms with E-state index in [1.807, 2.05) is 5.38 Å². The van der Waals surface area contributed by atoms with Crippen LogP contribution >= 0.6 is 11.3 Å². The molecule has 1 aliphatic heterocycles. The van der Waals surface area contributed by atoms with E-state index in [1.54, 1.807) is 11.3 Å². The van der Waals surface area contributed by atoms with E-state index in [9.17, 15) is 14.4 Å².